The van der Waals surface area contributed by atoms with Gasteiger partial charge < -0.3 is 20.1 Å². The molecule has 0 unspecified atom stereocenters. The molecular weight excluding hydrogens is 332 g/mol. The van der Waals surface area contributed by atoms with Gasteiger partial charge in [0.25, 0.3) is 5.91 Å². The number of rotatable bonds is 8. The van der Waals surface area contributed by atoms with Gasteiger partial charge in [0.05, 0.1) is 12.2 Å². The molecule has 0 atom stereocenters. The van der Waals surface area contributed by atoms with Crippen molar-refractivity contribution in [2.75, 3.05) is 31.0 Å². The molecule has 138 valence electrons. The SMILES string of the molecule is CCC(=O)Nc1cccc(NC(=O)c2ccccc2OCCOC)c1C. The predicted octanol–water partition coefficient (Wildman–Crippen LogP) is 3.62. The van der Waals surface area contributed by atoms with Gasteiger partial charge in [0.1, 0.15) is 12.4 Å². The van der Waals surface area contributed by atoms with Gasteiger partial charge in [0.15, 0.2) is 0 Å². The van der Waals surface area contributed by atoms with Crippen molar-refractivity contribution < 1.29 is 19.1 Å². The van der Waals surface area contributed by atoms with Crippen molar-refractivity contribution in [2.24, 2.45) is 0 Å². The van der Waals surface area contributed by atoms with Gasteiger partial charge in [0, 0.05) is 24.9 Å². The average Bonchev–Trinajstić information content (AvgIpc) is 2.65. The number of carbonyl (C=O) groups excluding carboxylic acids is 2. The minimum Gasteiger partial charge on any atom is -0.490 e. The number of anilines is 2. The number of amides is 2. The maximum Gasteiger partial charge on any atom is 0.259 e. The first-order valence-corrected chi connectivity index (χ1v) is 8.48. The standard InChI is InChI=1S/C20H24N2O4/c1-4-19(23)21-16-9-7-10-17(14(16)2)22-20(24)15-8-5-6-11-18(15)26-13-12-25-3/h5-11H,4,12-13H2,1-3H3,(H,21,23)(H,22,24). The summed E-state index contributed by atoms with van der Waals surface area (Å²) in [4.78, 5) is 24.3. The van der Waals surface area contributed by atoms with Crippen LogP contribution in [0, 0.1) is 6.92 Å². The molecule has 6 nitrogen and oxygen atoms in total. The fraction of sp³-hybridized carbons (Fsp3) is 0.300. The van der Waals surface area contributed by atoms with Gasteiger partial charge in [-0.1, -0.05) is 25.1 Å². The lowest BCUT2D eigenvalue weighted by molar-refractivity contribution is -0.115. The van der Waals surface area contributed by atoms with Gasteiger partial charge in [-0.2, -0.15) is 0 Å². The van der Waals surface area contributed by atoms with E-state index in [4.69, 9.17) is 9.47 Å². The van der Waals surface area contributed by atoms with Crippen molar-refractivity contribution in [3.63, 3.8) is 0 Å². The van der Waals surface area contributed by atoms with E-state index >= 15 is 0 Å². The summed E-state index contributed by atoms with van der Waals surface area (Å²) in [5, 5.41) is 5.72. The third-order valence-electron chi connectivity index (χ3n) is 3.85. The molecule has 0 aliphatic carbocycles. The lowest BCUT2D eigenvalue weighted by atomic mass is 10.1. The van der Waals surface area contributed by atoms with Crippen LogP contribution in [0.5, 0.6) is 5.75 Å². The second kappa shape index (κ2) is 9.58. The molecule has 2 aromatic rings. The van der Waals surface area contributed by atoms with Crippen LogP contribution in [0.2, 0.25) is 0 Å². The van der Waals surface area contributed by atoms with Gasteiger partial charge >= 0.3 is 0 Å². The monoisotopic (exact) mass is 356 g/mol. The Kier molecular flexibility index (Phi) is 7.17. The summed E-state index contributed by atoms with van der Waals surface area (Å²) in [7, 11) is 1.59. The minimum atomic E-state index is -0.278. The first-order chi connectivity index (χ1) is 12.6. The van der Waals surface area contributed by atoms with Crippen LogP contribution in [0.1, 0.15) is 29.3 Å². The molecule has 0 aromatic heterocycles. The van der Waals surface area contributed by atoms with Gasteiger partial charge in [-0.05, 0) is 36.8 Å². The molecule has 0 aliphatic rings. The summed E-state index contributed by atoms with van der Waals surface area (Å²) in [5.74, 6) is 0.142. The van der Waals surface area contributed by atoms with Crippen LogP contribution in [0.15, 0.2) is 42.5 Å². The van der Waals surface area contributed by atoms with E-state index in [1.165, 1.54) is 0 Å². The molecule has 0 radical (unpaired) electrons. The second-order valence-electron chi connectivity index (χ2n) is 5.67. The Bertz CT molecular complexity index is 774. The van der Waals surface area contributed by atoms with Gasteiger partial charge in [0.2, 0.25) is 5.91 Å². The molecule has 2 amide bonds. The van der Waals surface area contributed by atoms with Crippen molar-refractivity contribution >= 4 is 23.2 Å². The van der Waals surface area contributed by atoms with Crippen LogP contribution in [0.3, 0.4) is 0 Å². The number of hydrogen-bond acceptors (Lipinski definition) is 4. The fourth-order valence-electron chi connectivity index (χ4n) is 2.35. The molecule has 0 bridgehead atoms. The molecule has 0 spiro atoms. The molecule has 0 saturated heterocycles. The zero-order chi connectivity index (χ0) is 18.9. The average molecular weight is 356 g/mol. The first-order valence-electron chi connectivity index (χ1n) is 8.48. The second-order valence-corrected chi connectivity index (χ2v) is 5.67. The molecule has 6 heteroatoms. The molecule has 2 N–H and O–H groups in total. The highest BCUT2D eigenvalue weighted by Crippen LogP contribution is 2.25. The predicted molar refractivity (Wildman–Crippen MR) is 102 cm³/mol. The van der Waals surface area contributed by atoms with E-state index in [0.717, 1.165) is 5.56 Å². The lowest BCUT2D eigenvalue weighted by Gasteiger charge is -2.15. The molecular formula is C20H24N2O4. The minimum absolute atomic E-state index is 0.0755. The highest BCUT2D eigenvalue weighted by molar-refractivity contribution is 6.07. The van der Waals surface area contributed by atoms with E-state index in [1.54, 1.807) is 50.4 Å². The van der Waals surface area contributed by atoms with E-state index in [-0.39, 0.29) is 11.8 Å². The molecule has 26 heavy (non-hydrogen) atoms. The number of para-hydroxylation sites is 1. The maximum atomic E-state index is 12.7. The van der Waals surface area contributed by atoms with Gasteiger partial charge in [-0.15, -0.1) is 0 Å². The fourth-order valence-corrected chi connectivity index (χ4v) is 2.35. The summed E-state index contributed by atoms with van der Waals surface area (Å²) in [5.41, 5.74) is 2.54. The van der Waals surface area contributed by atoms with Crippen LogP contribution in [-0.4, -0.2) is 32.1 Å². The third-order valence-corrected chi connectivity index (χ3v) is 3.85. The van der Waals surface area contributed by atoms with Crippen LogP contribution < -0.4 is 15.4 Å². The van der Waals surface area contributed by atoms with Crippen LogP contribution in [-0.2, 0) is 9.53 Å². The van der Waals surface area contributed by atoms with E-state index in [1.807, 2.05) is 13.0 Å². The molecule has 2 aromatic carbocycles. The number of nitrogens with one attached hydrogen (secondary N) is 2. The van der Waals surface area contributed by atoms with Crippen LogP contribution in [0.4, 0.5) is 11.4 Å². The van der Waals surface area contributed by atoms with E-state index in [9.17, 15) is 9.59 Å². The van der Waals surface area contributed by atoms with Crippen LogP contribution in [0.25, 0.3) is 0 Å². The summed E-state index contributed by atoms with van der Waals surface area (Å²) >= 11 is 0. The topological polar surface area (TPSA) is 76.7 Å². The van der Waals surface area contributed by atoms with Crippen LogP contribution >= 0.6 is 0 Å². The normalized spacial score (nSPS) is 10.3. The first kappa shape index (κ1) is 19.5. The highest BCUT2D eigenvalue weighted by atomic mass is 16.5. The van der Waals surface area contributed by atoms with E-state index in [0.29, 0.717) is 42.3 Å². The Labute approximate surface area is 153 Å². The molecule has 0 aliphatic heterocycles. The molecule has 0 heterocycles. The van der Waals surface area contributed by atoms with Crippen molar-refractivity contribution in [1.29, 1.82) is 0 Å². The van der Waals surface area contributed by atoms with Crippen molar-refractivity contribution in [2.45, 2.75) is 20.3 Å². The summed E-state index contributed by atoms with van der Waals surface area (Å²) in [6.45, 7) is 4.44. The van der Waals surface area contributed by atoms with Crippen molar-refractivity contribution in [3.8, 4) is 5.75 Å². The largest absolute Gasteiger partial charge is 0.490 e. The highest BCUT2D eigenvalue weighted by Gasteiger charge is 2.14. The summed E-state index contributed by atoms with van der Waals surface area (Å²) in [6.07, 6.45) is 0.391. The summed E-state index contributed by atoms with van der Waals surface area (Å²) in [6, 6.07) is 12.4. The number of methoxy groups -OCH3 is 1. The quantitative estimate of drug-likeness (QED) is 0.708. The molecule has 0 fully saturated rings. The summed E-state index contributed by atoms with van der Waals surface area (Å²) < 4.78 is 10.6. The van der Waals surface area contributed by atoms with E-state index < -0.39 is 0 Å². The number of ether oxygens (including phenoxy) is 2. The molecule has 0 saturated carbocycles. The van der Waals surface area contributed by atoms with Gasteiger partial charge in [-0.3, -0.25) is 9.59 Å². The zero-order valence-electron chi connectivity index (χ0n) is 15.3. The Morgan fingerprint density at radius 3 is 2.35 bits per heavy atom. The van der Waals surface area contributed by atoms with Crippen molar-refractivity contribution in [3.05, 3.63) is 53.6 Å². The zero-order valence-corrected chi connectivity index (χ0v) is 15.3. The Hall–Kier alpha value is -2.86. The number of carbonyl (C=O) groups is 2. The smallest absolute Gasteiger partial charge is 0.259 e. The van der Waals surface area contributed by atoms with Crippen molar-refractivity contribution in [1.82, 2.24) is 0 Å². The Morgan fingerprint density at radius 2 is 1.65 bits per heavy atom. The maximum absolute atomic E-state index is 12.7. The third kappa shape index (κ3) is 5.07. The molecule has 2 rings (SSSR count). The van der Waals surface area contributed by atoms with E-state index in [2.05, 4.69) is 10.6 Å². The Morgan fingerprint density at radius 1 is 0.962 bits per heavy atom. The van der Waals surface area contributed by atoms with Gasteiger partial charge in [-0.25, -0.2) is 0 Å². The number of benzene rings is 2. The number of hydrogen-bond donors (Lipinski definition) is 2. The Balaban J connectivity index is 2.18. The lowest BCUT2D eigenvalue weighted by Crippen LogP contribution is -2.16.